The first-order valence-electron chi connectivity index (χ1n) is 15.5. The number of benzene rings is 1. The van der Waals surface area contributed by atoms with E-state index in [0.717, 1.165) is 28.1 Å². The minimum Gasteiger partial charge on any atom is -0.267 e. The number of hydrogen-bond acceptors (Lipinski definition) is 3. The van der Waals surface area contributed by atoms with Crippen LogP contribution in [0.5, 0.6) is 0 Å². The van der Waals surface area contributed by atoms with Crippen LogP contribution in [0.3, 0.4) is 0 Å². The predicted molar refractivity (Wildman–Crippen MR) is 178 cm³/mol. The Kier molecular flexibility index (Phi) is 16.8. The van der Waals surface area contributed by atoms with E-state index in [0.29, 0.717) is 9.13 Å². The van der Waals surface area contributed by atoms with E-state index < -0.39 is 49.0 Å². The summed E-state index contributed by atoms with van der Waals surface area (Å²) in [5.41, 5.74) is -0.203. The SMILES string of the molecule is C=[C](OCC)[Sn]([CH2]CCC)([CH2]CCC)[CH2]CCC.Fc1ccc(-n2nc(C(F)(F)F)cc2Cc2cnn(CC(F)F)c2)c(I)c1. The Morgan fingerprint density at radius 3 is 2.09 bits per heavy atom. The Morgan fingerprint density at radius 1 is 1.00 bits per heavy atom. The first-order chi connectivity index (χ1) is 21.3. The van der Waals surface area contributed by atoms with Gasteiger partial charge in [-0.3, -0.25) is 4.68 Å². The third-order valence-corrected chi connectivity index (χ3v) is 23.4. The Hall–Kier alpha value is -1.71. The van der Waals surface area contributed by atoms with Gasteiger partial charge in [0, 0.05) is 21.9 Å². The Balaban J connectivity index is 0.000000344. The van der Waals surface area contributed by atoms with Crippen molar-refractivity contribution < 1.29 is 31.1 Å². The quantitative estimate of drug-likeness (QED) is 0.0588. The maximum absolute atomic E-state index is 13.3. The molecule has 0 aliphatic heterocycles. The predicted octanol–water partition coefficient (Wildman–Crippen LogP) is 10.6. The average Bonchev–Trinajstić information content (AvgIpc) is 3.60. The van der Waals surface area contributed by atoms with Gasteiger partial charge in [-0.15, -0.1) is 0 Å². The molecule has 252 valence electrons. The number of hydrogen-bond donors (Lipinski definition) is 0. The molecule has 0 atom stereocenters. The molecule has 0 saturated carbocycles. The zero-order chi connectivity index (χ0) is 33.6. The first-order valence-corrected chi connectivity index (χ1v) is 24.1. The van der Waals surface area contributed by atoms with Crippen molar-refractivity contribution in [2.75, 3.05) is 6.61 Å². The molecule has 1 aromatic carbocycles. The number of unbranched alkanes of at least 4 members (excludes halogenated alkanes) is 3. The van der Waals surface area contributed by atoms with Crippen molar-refractivity contribution in [1.82, 2.24) is 19.6 Å². The molecular weight excluding hydrogens is 816 g/mol. The van der Waals surface area contributed by atoms with E-state index in [9.17, 15) is 26.3 Å². The second-order valence-electron chi connectivity index (χ2n) is 11.1. The van der Waals surface area contributed by atoms with Crippen LogP contribution in [0.2, 0.25) is 13.3 Å². The summed E-state index contributed by atoms with van der Waals surface area (Å²) in [5.74, 6) is -0.527. The summed E-state index contributed by atoms with van der Waals surface area (Å²) < 4.78 is 91.5. The van der Waals surface area contributed by atoms with Crippen LogP contribution < -0.4 is 0 Å². The molecule has 0 N–H and O–H groups in total. The van der Waals surface area contributed by atoms with Gasteiger partial charge in [-0.05, 0) is 52.4 Å². The smallest absolute Gasteiger partial charge is 0.267 e. The molecule has 5 nitrogen and oxygen atoms in total. The molecular formula is C32H45F6IN4OSn. The van der Waals surface area contributed by atoms with Gasteiger partial charge in [0.25, 0.3) is 6.43 Å². The monoisotopic (exact) mass is 862 g/mol. The van der Waals surface area contributed by atoms with Crippen LogP contribution in [0.25, 0.3) is 5.69 Å². The molecule has 3 aromatic rings. The number of rotatable bonds is 17. The van der Waals surface area contributed by atoms with Crippen molar-refractivity contribution in [2.45, 2.75) is 105 Å². The van der Waals surface area contributed by atoms with E-state index in [1.807, 2.05) is 0 Å². The molecule has 0 aliphatic carbocycles. The molecule has 0 unspecified atom stereocenters. The molecule has 0 fully saturated rings. The molecule has 45 heavy (non-hydrogen) atoms. The fourth-order valence-corrected chi connectivity index (χ4v) is 20.5. The molecule has 2 heterocycles. The molecule has 0 bridgehead atoms. The average molecular weight is 861 g/mol. The molecule has 13 heteroatoms. The molecule has 0 aliphatic rings. The summed E-state index contributed by atoms with van der Waals surface area (Å²) in [5, 5.41) is 7.38. The van der Waals surface area contributed by atoms with Gasteiger partial charge in [0.15, 0.2) is 5.69 Å². The van der Waals surface area contributed by atoms with Gasteiger partial charge in [-0.2, -0.15) is 23.4 Å². The zero-order valence-corrected chi connectivity index (χ0v) is 31.6. The molecule has 3 rings (SSSR count). The van der Waals surface area contributed by atoms with E-state index in [1.54, 1.807) is 22.6 Å². The van der Waals surface area contributed by atoms with Crippen LogP contribution >= 0.6 is 22.6 Å². The number of aromatic nitrogens is 4. The Labute approximate surface area is 280 Å². The van der Waals surface area contributed by atoms with Gasteiger partial charge in [-0.25, -0.2) is 17.9 Å². The zero-order valence-electron chi connectivity index (χ0n) is 26.6. The van der Waals surface area contributed by atoms with E-state index in [1.165, 1.54) is 80.1 Å². The van der Waals surface area contributed by atoms with Gasteiger partial charge in [-0.1, -0.05) is 0 Å². The van der Waals surface area contributed by atoms with Crippen LogP contribution in [0.1, 0.15) is 83.2 Å². The largest absolute Gasteiger partial charge is 0.435 e. The van der Waals surface area contributed by atoms with Crippen LogP contribution in [-0.2, 0) is 23.9 Å². The van der Waals surface area contributed by atoms with Crippen LogP contribution in [0, 0.1) is 9.39 Å². The topological polar surface area (TPSA) is 44.9 Å². The summed E-state index contributed by atoms with van der Waals surface area (Å²) >= 11 is -0.440. The van der Waals surface area contributed by atoms with Crippen LogP contribution in [0.4, 0.5) is 26.3 Å². The van der Waals surface area contributed by atoms with Crippen molar-refractivity contribution in [3.05, 3.63) is 73.4 Å². The Morgan fingerprint density at radius 2 is 1.60 bits per heavy atom. The van der Waals surface area contributed by atoms with Crippen molar-refractivity contribution in [3.8, 4) is 5.69 Å². The number of halogens is 7. The van der Waals surface area contributed by atoms with Crippen LogP contribution in [0.15, 0.2) is 47.0 Å². The third kappa shape index (κ3) is 12.4. The minimum absolute atomic E-state index is 0.0141. The summed E-state index contributed by atoms with van der Waals surface area (Å²) in [6.45, 7) is 13.6. The number of nitrogens with zero attached hydrogens (tertiary/aromatic N) is 4. The fourth-order valence-electron chi connectivity index (χ4n) is 5.16. The number of ether oxygens (including phenoxy) is 1. The van der Waals surface area contributed by atoms with Gasteiger partial charge >= 0.3 is 126 Å². The second kappa shape index (κ2) is 19.2. The molecule has 0 radical (unpaired) electrons. The number of alkyl halides is 5. The van der Waals surface area contributed by atoms with Crippen molar-refractivity contribution >= 4 is 41.0 Å². The summed E-state index contributed by atoms with van der Waals surface area (Å²) in [4.78, 5) is 0. The second-order valence-corrected chi connectivity index (χ2v) is 25.5. The van der Waals surface area contributed by atoms with E-state index >= 15 is 0 Å². The van der Waals surface area contributed by atoms with Gasteiger partial charge in [0.1, 0.15) is 12.4 Å². The summed E-state index contributed by atoms with van der Waals surface area (Å²) in [7, 11) is 0. The molecule has 0 saturated heterocycles. The maximum atomic E-state index is 13.3. The van der Waals surface area contributed by atoms with Crippen LogP contribution in [-0.4, -0.2) is 51.0 Å². The van der Waals surface area contributed by atoms with Gasteiger partial charge in [0.05, 0.1) is 11.9 Å². The minimum atomic E-state index is -4.66. The first kappa shape index (κ1) is 39.5. The van der Waals surface area contributed by atoms with Crippen molar-refractivity contribution in [1.29, 1.82) is 0 Å². The third-order valence-electron chi connectivity index (χ3n) is 7.55. The van der Waals surface area contributed by atoms with E-state index in [4.69, 9.17) is 4.74 Å². The van der Waals surface area contributed by atoms with E-state index in [2.05, 4.69) is 44.5 Å². The molecule has 0 spiro atoms. The van der Waals surface area contributed by atoms with Crippen molar-refractivity contribution in [2.24, 2.45) is 0 Å². The Bertz CT molecular complexity index is 1310. The summed E-state index contributed by atoms with van der Waals surface area (Å²) in [6.07, 6.45) is 3.48. The maximum Gasteiger partial charge on any atom is 0.435 e. The standard InChI is InChI=1S/C16H11F6IN4.C4H7O.3C4H9.Sn/c17-10-1-2-13(12(23)4-10)27-11(5-14(25-27)16(20,21)22)3-9-6-24-26(7-9)8-15(18)19;1-3-5-4-2;3*1-3-4-2;/h1-2,4-7,15H,3,8H2;1,4H2,2H3;3*1,3-4H2,2H3;. The normalized spacial score (nSPS) is 11.9. The van der Waals surface area contributed by atoms with Crippen molar-refractivity contribution in [3.63, 3.8) is 0 Å². The van der Waals surface area contributed by atoms with Gasteiger partial charge < -0.3 is 0 Å². The molecule has 2 aromatic heterocycles. The van der Waals surface area contributed by atoms with Gasteiger partial charge in [0.2, 0.25) is 0 Å². The fraction of sp³-hybridized carbons (Fsp3) is 0.562. The molecule has 0 amide bonds. The summed E-state index contributed by atoms with van der Waals surface area (Å²) in [6, 6.07) is 4.50. The van der Waals surface area contributed by atoms with E-state index in [-0.39, 0.29) is 17.8 Å².